The Balaban J connectivity index is 1.48. The Hall–Kier alpha value is -3.54. The third-order valence-corrected chi connectivity index (χ3v) is 6.87. The smallest absolute Gasteiger partial charge is 0.238 e. The number of rotatable bonds is 7. The van der Waals surface area contributed by atoms with E-state index in [0.29, 0.717) is 11.8 Å². The molecule has 0 radical (unpaired) electrons. The molecular formula is C28H31N5O. The lowest BCUT2D eigenvalue weighted by molar-refractivity contribution is 0.396. The third-order valence-electron chi connectivity index (χ3n) is 6.87. The second-order valence-electron chi connectivity index (χ2n) is 9.17. The number of aryl methyl sites for hydroxylation is 2. The van der Waals surface area contributed by atoms with Crippen LogP contribution in [0.4, 0.5) is 0 Å². The monoisotopic (exact) mass is 453 g/mol. The van der Waals surface area contributed by atoms with Crippen molar-refractivity contribution in [3.05, 3.63) is 82.6 Å². The number of ether oxygens (including phenoxy) is 1. The number of benzene rings is 1. The van der Waals surface area contributed by atoms with E-state index in [9.17, 15) is 0 Å². The predicted octanol–water partition coefficient (Wildman–Crippen LogP) is 5.57. The summed E-state index contributed by atoms with van der Waals surface area (Å²) in [6.07, 6.45) is 8.94. The summed E-state index contributed by atoms with van der Waals surface area (Å²) < 4.78 is 7.56. The highest BCUT2D eigenvalue weighted by atomic mass is 16.5. The number of aromatic nitrogens is 5. The molecule has 0 spiro atoms. The van der Waals surface area contributed by atoms with Gasteiger partial charge in [-0.2, -0.15) is 5.10 Å². The van der Waals surface area contributed by atoms with Gasteiger partial charge in [0.2, 0.25) is 5.88 Å². The predicted molar refractivity (Wildman–Crippen MR) is 134 cm³/mol. The number of pyridine rings is 1. The molecule has 0 bridgehead atoms. The van der Waals surface area contributed by atoms with E-state index in [2.05, 4.69) is 43.1 Å². The average molecular weight is 454 g/mol. The van der Waals surface area contributed by atoms with Gasteiger partial charge in [-0.1, -0.05) is 36.8 Å². The van der Waals surface area contributed by atoms with Gasteiger partial charge < -0.3 is 9.30 Å². The molecule has 1 atom stereocenters. The largest absolute Gasteiger partial charge is 0.479 e. The summed E-state index contributed by atoms with van der Waals surface area (Å²) in [4.78, 5) is 9.13. The summed E-state index contributed by atoms with van der Waals surface area (Å²) in [7, 11) is 1.65. The van der Waals surface area contributed by atoms with Gasteiger partial charge in [0.15, 0.2) is 0 Å². The Morgan fingerprint density at radius 3 is 2.50 bits per heavy atom. The van der Waals surface area contributed by atoms with Crippen LogP contribution < -0.4 is 4.74 Å². The van der Waals surface area contributed by atoms with Crippen LogP contribution in [-0.2, 0) is 19.3 Å². The zero-order valence-electron chi connectivity index (χ0n) is 20.4. The molecule has 6 nitrogen and oxygen atoms in total. The van der Waals surface area contributed by atoms with Crippen molar-refractivity contribution >= 4 is 0 Å². The molecule has 0 saturated carbocycles. The maximum atomic E-state index is 5.63. The molecule has 3 heterocycles. The summed E-state index contributed by atoms with van der Waals surface area (Å²) in [6, 6.07) is 12.9. The molecule has 3 aromatic heterocycles. The van der Waals surface area contributed by atoms with Crippen molar-refractivity contribution in [3.8, 4) is 23.0 Å². The van der Waals surface area contributed by atoms with Crippen molar-refractivity contribution in [1.29, 1.82) is 0 Å². The fourth-order valence-corrected chi connectivity index (χ4v) is 4.96. The summed E-state index contributed by atoms with van der Waals surface area (Å²) >= 11 is 0. The van der Waals surface area contributed by atoms with Crippen LogP contribution in [0.5, 0.6) is 5.88 Å². The van der Waals surface area contributed by atoms with Crippen LogP contribution in [0.15, 0.2) is 48.9 Å². The van der Waals surface area contributed by atoms with Crippen molar-refractivity contribution in [2.24, 2.45) is 0 Å². The van der Waals surface area contributed by atoms with Gasteiger partial charge >= 0.3 is 0 Å². The number of methoxy groups -OCH3 is 1. The second kappa shape index (κ2) is 9.37. The maximum Gasteiger partial charge on any atom is 0.238 e. The van der Waals surface area contributed by atoms with E-state index in [1.807, 2.05) is 29.8 Å². The normalized spacial score (nSPS) is 13.6. The molecule has 1 aliphatic carbocycles. The lowest BCUT2D eigenvalue weighted by Gasteiger charge is -2.18. The van der Waals surface area contributed by atoms with E-state index >= 15 is 0 Å². The van der Waals surface area contributed by atoms with Gasteiger partial charge in [-0.15, -0.1) is 5.10 Å². The first kappa shape index (κ1) is 22.3. The zero-order chi connectivity index (χ0) is 23.7. The molecule has 0 fully saturated rings. The zero-order valence-corrected chi connectivity index (χ0v) is 20.4. The second-order valence-corrected chi connectivity index (χ2v) is 9.17. The molecule has 1 aliphatic rings. The van der Waals surface area contributed by atoms with Crippen molar-refractivity contribution in [2.75, 3.05) is 7.11 Å². The van der Waals surface area contributed by atoms with E-state index < -0.39 is 0 Å². The summed E-state index contributed by atoms with van der Waals surface area (Å²) in [5.74, 6) is 1.000. The highest BCUT2D eigenvalue weighted by molar-refractivity contribution is 5.64. The number of imidazole rings is 1. The van der Waals surface area contributed by atoms with Crippen molar-refractivity contribution in [2.45, 2.75) is 58.8 Å². The first-order chi connectivity index (χ1) is 16.6. The van der Waals surface area contributed by atoms with Crippen molar-refractivity contribution in [3.63, 3.8) is 0 Å². The molecule has 0 N–H and O–H groups in total. The van der Waals surface area contributed by atoms with Gasteiger partial charge in [-0.25, -0.2) is 9.97 Å². The van der Waals surface area contributed by atoms with Gasteiger partial charge in [0, 0.05) is 6.20 Å². The van der Waals surface area contributed by atoms with Crippen molar-refractivity contribution < 1.29 is 4.74 Å². The lowest BCUT2D eigenvalue weighted by Crippen LogP contribution is -2.10. The van der Waals surface area contributed by atoms with E-state index in [-0.39, 0.29) is 0 Å². The SMILES string of the molecule is CC[C@H](Cc1nnc(-c2ccc(-n3cnc(C)c3)c(OC)n2)c2c1CCC2)c1ccc(C)cc1. The third kappa shape index (κ3) is 4.20. The van der Waals surface area contributed by atoms with Crippen LogP contribution in [0.1, 0.15) is 59.3 Å². The molecular weight excluding hydrogens is 422 g/mol. The van der Waals surface area contributed by atoms with Gasteiger partial charge in [-0.3, -0.25) is 0 Å². The molecule has 174 valence electrons. The average Bonchev–Trinajstić information content (AvgIpc) is 3.52. The Kier molecular flexibility index (Phi) is 6.14. The summed E-state index contributed by atoms with van der Waals surface area (Å²) in [5.41, 5.74) is 9.96. The molecule has 0 amide bonds. The molecule has 6 heteroatoms. The molecule has 34 heavy (non-hydrogen) atoms. The number of fused-ring (bicyclic) bond motifs is 1. The molecule has 5 rings (SSSR count). The maximum absolute atomic E-state index is 5.63. The molecule has 4 aromatic rings. The van der Waals surface area contributed by atoms with Gasteiger partial charge in [-0.05, 0) is 80.7 Å². The Morgan fingerprint density at radius 2 is 1.79 bits per heavy atom. The first-order valence-electron chi connectivity index (χ1n) is 12.1. The highest BCUT2D eigenvalue weighted by Crippen LogP contribution is 2.35. The van der Waals surface area contributed by atoms with E-state index in [1.165, 1.54) is 22.3 Å². The molecule has 1 aromatic carbocycles. The van der Waals surface area contributed by atoms with E-state index in [0.717, 1.165) is 60.6 Å². The van der Waals surface area contributed by atoms with Crippen LogP contribution in [0.25, 0.3) is 17.1 Å². The van der Waals surface area contributed by atoms with E-state index in [4.69, 9.17) is 19.9 Å². The van der Waals surface area contributed by atoms with Crippen LogP contribution in [0.3, 0.4) is 0 Å². The molecule has 0 unspecified atom stereocenters. The number of hydrogen-bond donors (Lipinski definition) is 0. The standard InChI is InChI=1S/C28H31N5O/c1-5-20(21-11-9-18(2)10-12-21)15-25-22-7-6-8-23(22)27(32-31-25)24-13-14-26(28(30-24)34-4)33-16-19(3)29-17-33/h9-14,16-17,20H,5-8,15H2,1-4H3/t20-/m1/s1. The van der Waals surface area contributed by atoms with E-state index in [1.54, 1.807) is 13.4 Å². The Bertz CT molecular complexity index is 1310. The van der Waals surface area contributed by atoms with Crippen LogP contribution >= 0.6 is 0 Å². The number of hydrogen-bond acceptors (Lipinski definition) is 5. The van der Waals surface area contributed by atoms with Gasteiger partial charge in [0.1, 0.15) is 11.4 Å². The fourth-order valence-electron chi connectivity index (χ4n) is 4.96. The topological polar surface area (TPSA) is 65.7 Å². The van der Waals surface area contributed by atoms with Crippen LogP contribution in [0.2, 0.25) is 0 Å². The fraction of sp³-hybridized carbons (Fsp3) is 0.357. The van der Waals surface area contributed by atoms with Crippen LogP contribution in [-0.4, -0.2) is 31.8 Å². The lowest BCUT2D eigenvalue weighted by atomic mass is 9.89. The first-order valence-corrected chi connectivity index (χ1v) is 12.1. The molecule has 0 aliphatic heterocycles. The summed E-state index contributed by atoms with van der Waals surface area (Å²) in [6.45, 7) is 6.35. The highest BCUT2D eigenvalue weighted by Gasteiger charge is 2.25. The minimum Gasteiger partial charge on any atom is -0.479 e. The molecule has 0 saturated heterocycles. The van der Waals surface area contributed by atoms with Crippen LogP contribution in [0, 0.1) is 13.8 Å². The van der Waals surface area contributed by atoms with Gasteiger partial charge in [0.25, 0.3) is 0 Å². The Morgan fingerprint density at radius 1 is 1.00 bits per heavy atom. The minimum atomic E-state index is 0.446. The summed E-state index contributed by atoms with van der Waals surface area (Å²) in [5, 5.41) is 9.46. The quantitative estimate of drug-likeness (QED) is 0.366. The Labute approximate surface area is 201 Å². The van der Waals surface area contributed by atoms with Crippen molar-refractivity contribution in [1.82, 2.24) is 24.7 Å². The minimum absolute atomic E-state index is 0.446. The van der Waals surface area contributed by atoms with Gasteiger partial charge in [0.05, 0.1) is 30.5 Å². The number of nitrogens with zero attached hydrogens (tertiary/aromatic N) is 5.